The third-order valence-electron chi connectivity index (χ3n) is 2.24. The molecule has 1 aliphatic heterocycles. The van der Waals surface area contributed by atoms with Gasteiger partial charge in [-0.1, -0.05) is 0 Å². The molecule has 82 valence electrons. The van der Waals surface area contributed by atoms with Gasteiger partial charge in [0.2, 0.25) is 5.91 Å². The Bertz CT molecular complexity index is 222. The number of hydrogen-bond donors (Lipinski definition) is 4. The fourth-order valence-corrected chi connectivity index (χ4v) is 1.48. The Labute approximate surface area is 81.5 Å². The number of carbonyl (C=O) groups excluding carboxylic acids is 1. The zero-order valence-electron chi connectivity index (χ0n) is 8.04. The molecule has 0 aliphatic carbocycles. The minimum Gasteiger partial charge on any atom is -0.388 e. The molecule has 6 nitrogen and oxygen atoms in total. The van der Waals surface area contributed by atoms with Crippen molar-refractivity contribution >= 4 is 5.91 Å². The first-order valence-corrected chi connectivity index (χ1v) is 4.40. The van der Waals surface area contributed by atoms with Crippen LogP contribution in [0, 0.1) is 0 Å². The van der Waals surface area contributed by atoms with Crippen molar-refractivity contribution in [2.75, 3.05) is 0 Å². The summed E-state index contributed by atoms with van der Waals surface area (Å²) in [5, 5.41) is 30.4. The van der Waals surface area contributed by atoms with Gasteiger partial charge in [0.25, 0.3) is 0 Å². The lowest BCUT2D eigenvalue weighted by atomic mass is 9.97. The summed E-state index contributed by atoms with van der Waals surface area (Å²) in [4.78, 5) is 10.8. The standard InChI is InChI=1S/C8H15NO5/c1-3-5(9-4(2)10)6(11)7(12)8(13)14-3/h3,5-8,11-13H,1-2H3,(H,9,10). The number of aliphatic hydroxyl groups is 3. The smallest absolute Gasteiger partial charge is 0.217 e. The van der Waals surface area contributed by atoms with E-state index in [4.69, 9.17) is 9.84 Å². The largest absolute Gasteiger partial charge is 0.388 e. The minimum atomic E-state index is -1.41. The van der Waals surface area contributed by atoms with Gasteiger partial charge in [-0.2, -0.15) is 0 Å². The van der Waals surface area contributed by atoms with Crippen molar-refractivity contribution < 1.29 is 24.9 Å². The number of ether oxygens (including phenoxy) is 1. The minimum absolute atomic E-state index is 0.326. The van der Waals surface area contributed by atoms with Crippen LogP contribution < -0.4 is 5.32 Å². The van der Waals surface area contributed by atoms with Crippen LogP contribution in [0.4, 0.5) is 0 Å². The van der Waals surface area contributed by atoms with Crippen LogP contribution in [0.25, 0.3) is 0 Å². The highest BCUT2D eigenvalue weighted by atomic mass is 16.6. The fourth-order valence-electron chi connectivity index (χ4n) is 1.48. The van der Waals surface area contributed by atoms with Crippen molar-refractivity contribution in [3.63, 3.8) is 0 Å². The van der Waals surface area contributed by atoms with Crippen LogP contribution in [-0.4, -0.2) is 51.9 Å². The van der Waals surface area contributed by atoms with Crippen LogP contribution in [-0.2, 0) is 9.53 Å². The summed E-state index contributed by atoms with van der Waals surface area (Å²) in [6.07, 6.45) is -4.59. The summed E-state index contributed by atoms with van der Waals surface area (Å²) in [5.41, 5.74) is 0. The van der Waals surface area contributed by atoms with Crippen molar-refractivity contribution in [3.8, 4) is 0 Å². The van der Waals surface area contributed by atoms with Crippen LogP contribution >= 0.6 is 0 Å². The van der Waals surface area contributed by atoms with E-state index in [0.29, 0.717) is 0 Å². The molecule has 1 aliphatic rings. The summed E-state index contributed by atoms with van der Waals surface area (Å²) in [7, 11) is 0. The SMILES string of the molecule is CC(=O)NC1C(C)OC(O)C(O)C1O. The van der Waals surface area contributed by atoms with Gasteiger partial charge < -0.3 is 25.4 Å². The lowest BCUT2D eigenvalue weighted by Crippen LogP contribution is -2.62. The molecule has 6 heteroatoms. The zero-order valence-corrected chi connectivity index (χ0v) is 8.04. The highest BCUT2D eigenvalue weighted by molar-refractivity contribution is 5.73. The molecule has 4 N–H and O–H groups in total. The summed E-state index contributed by atoms with van der Waals surface area (Å²) >= 11 is 0. The molecule has 0 aromatic heterocycles. The lowest BCUT2D eigenvalue weighted by Gasteiger charge is -2.39. The number of aliphatic hydroxyl groups excluding tert-OH is 3. The van der Waals surface area contributed by atoms with Gasteiger partial charge in [-0.25, -0.2) is 0 Å². The highest BCUT2D eigenvalue weighted by Crippen LogP contribution is 2.19. The van der Waals surface area contributed by atoms with Gasteiger partial charge >= 0.3 is 0 Å². The molecule has 0 radical (unpaired) electrons. The lowest BCUT2D eigenvalue weighted by molar-refractivity contribution is -0.253. The molecule has 0 spiro atoms. The van der Waals surface area contributed by atoms with E-state index in [0.717, 1.165) is 0 Å². The highest BCUT2D eigenvalue weighted by Gasteiger charge is 2.42. The zero-order chi connectivity index (χ0) is 10.9. The Balaban J connectivity index is 2.68. The van der Waals surface area contributed by atoms with Crippen molar-refractivity contribution in [3.05, 3.63) is 0 Å². The van der Waals surface area contributed by atoms with Gasteiger partial charge in [-0.05, 0) is 6.92 Å². The molecular weight excluding hydrogens is 190 g/mol. The summed E-state index contributed by atoms with van der Waals surface area (Å²) in [6.45, 7) is 2.90. The number of rotatable bonds is 1. The molecule has 1 rings (SSSR count). The van der Waals surface area contributed by atoms with E-state index in [2.05, 4.69) is 5.32 Å². The van der Waals surface area contributed by atoms with E-state index >= 15 is 0 Å². The third kappa shape index (κ3) is 2.21. The van der Waals surface area contributed by atoms with E-state index in [9.17, 15) is 15.0 Å². The van der Waals surface area contributed by atoms with E-state index in [1.54, 1.807) is 6.92 Å². The monoisotopic (exact) mass is 205 g/mol. The second-order valence-corrected chi connectivity index (χ2v) is 3.44. The number of amides is 1. The van der Waals surface area contributed by atoms with Crippen LogP contribution in [0.15, 0.2) is 0 Å². The molecule has 1 fully saturated rings. The maximum Gasteiger partial charge on any atom is 0.217 e. The van der Waals surface area contributed by atoms with Crippen molar-refractivity contribution in [2.45, 2.75) is 44.5 Å². The molecule has 1 saturated heterocycles. The van der Waals surface area contributed by atoms with Gasteiger partial charge in [-0.3, -0.25) is 4.79 Å². The van der Waals surface area contributed by atoms with Crippen molar-refractivity contribution in [2.24, 2.45) is 0 Å². The van der Waals surface area contributed by atoms with Crippen LogP contribution in [0.2, 0.25) is 0 Å². The second kappa shape index (κ2) is 4.22. The Morgan fingerprint density at radius 2 is 1.86 bits per heavy atom. The molecule has 0 saturated carbocycles. The van der Waals surface area contributed by atoms with Gasteiger partial charge in [0.1, 0.15) is 12.2 Å². The van der Waals surface area contributed by atoms with Crippen LogP contribution in [0.1, 0.15) is 13.8 Å². The Hall–Kier alpha value is -0.690. The fraction of sp³-hybridized carbons (Fsp3) is 0.875. The quantitative estimate of drug-likeness (QED) is 0.395. The predicted octanol–water partition coefficient (Wildman–Crippen LogP) is -2.05. The average molecular weight is 205 g/mol. The number of hydrogen-bond acceptors (Lipinski definition) is 5. The van der Waals surface area contributed by atoms with Crippen molar-refractivity contribution in [1.82, 2.24) is 5.32 Å². The predicted molar refractivity (Wildman–Crippen MR) is 46.2 cm³/mol. The Morgan fingerprint density at radius 3 is 2.36 bits per heavy atom. The van der Waals surface area contributed by atoms with E-state index in [1.807, 2.05) is 0 Å². The molecule has 0 aromatic carbocycles. The van der Waals surface area contributed by atoms with E-state index < -0.39 is 30.6 Å². The number of carbonyl (C=O) groups is 1. The normalized spacial score (nSPS) is 43.4. The molecule has 1 amide bonds. The molecule has 5 atom stereocenters. The van der Waals surface area contributed by atoms with Gasteiger partial charge in [0.05, 0.1) is 12.1 Å². The second-order valence-electron chi connectivity index (χ2n) is 3.44. The topological polar surface area (TPSA) is 99.0 Å². The first-order valence-electron chi connectivity index (χ1n) is 4.40. The molecule has 1 heterocycles. The molecule has 0 bridgehead atoms. The maximum absolute atomic E-state index is 10.8. The summed E-state index contributed by atoms with van der Waals surface area (Å²) in [6, 6.07) is -0.703. The molecule has 14 heavy (non-hydrogen) atoms. The van der Waals surface area contributed by atoms with E-state index in [-0.39, 0.29) is 5.91 Å². The van der Waals surface area contributed by atoms with Gasteiger partial charge in [-0.15, -0.1) is 0 Å². The maximum atomic E-state index is 10.8. The summed E-state index contributed by atoms with van der Waals surface area (Å²) < 4.78 is 4.91. The third-order valence-corrected chi connectivity index (χ3v) is 2.24. The molecule has 0 aromatic rings. The van der Waals surface area contributed by atoms with Crippen LogP contribution in [0.3, 0.4) is 0 Å². The Kier molecular flexibility index (Phi) is 3.43. The number of nitrogens with one attached hydrogen (secondary N) is 1. The first kappa shape index (κ1) is 11.4. The summed E-state index contributed by atoms with van der Waals surface area (Å²) in [5.74, 6) is -0.326. The average Bonchev–Trinajstić information content (AvgIpc) is 2.09. The van der Waals surface area contributed by atoms with Gasteiger partial charge in [0, 0.05) is 6.92 Å². The Morgan fingerprint density at radius 1 is 1.29 bits per heavy atom. The van der Waals surface area contributed by atoms with Crippen LogP contribution in [0.5, 0.6) is 0 Å². The molecular formula is C8H15NO5. The van der Waals surface area contributed by atoms with Gasteiger partial charge in [0.15, 0.2) is 6.29 Å². The van der Waals surface area contributed by atoms with Crippen molar-refractivity contribution in [1.29, 1.82) is 0 Å². The molecule has 5 unspecified atom stereocenters. The first-order chi connectivity index (χ1) is 6.43. The van der Waals surface area contributed by atoms with E-state index in [1.165, 1.54) is 6.92 Å².